The second-order valence-corrected chi connectivity index (χ2v) is 4.53. The Morgan fingerprint density at radius 2 is 2.41 bits per heavy atom. The molecule has 3 rings (SSSR count). The number of hydrogen-bond acceptors (Lipinski definition) is 3. The number of benzene rings is 1. The first kappa shape index (κ1) is 10.3. The van der Waals surface area contributed by atoms with E-state index in [9.17, 15) is 4.79 Å². The van der Waals surface area contributed by atoms with Gasteiger partial charge in [0.05, 0.1) is 11.7 Å². The van der Waals surface area contributed by atoms with Gasteiger partial charge in [-0.15, -0.1) is 0 Å². The molecule has 2 aromatic rings. The molecular weight excluding hydrogens is 216 g/mol. The highest BCUT2D eigenvalue weighted by Crippen LogP contribution is 2.17. The van der Waals surface area contributed by atoms with Crippen molar-refractivity contribution in [2.45, 2.75) is 19.0 Å². The lowest BCUT2D eigenvalue weighted by molar-refractivity contribution is -0.128. The van der Waals surface area contributed by atoms with Gasteiger partial charge in [-0.1, -0.05) is 12.1 Å². The van der Waals surface area contributed by atoms with Crippen LogP contribution in [-0.4, -0.2) is 33.6 Å². The van der Waals surface area contributed by atoms with E-state index in [2.05, 4.69) is 10.2 Å². The number of likely N-dealkylation sites (tertiary alicyclic amines) is 1. The molecule has 5 nitrogen and oxygen atoms in total. The largest absolute Gasteiger partial charge is 0.337 e. The SMILES string of the molecule is NC1CC(=O)N(Cc2ccc3cn[nH]c3c2)C1. The molecule has 1 aromatic heterocycles. The third-order valence-corrected chi connectivity index (χ3v) is 3.12. The van der Waals surface area contributed by atoms with Crippen molar-refractivity contribution in [3.8, 4) is 0 Å². The maximum atomic E-state index is 11.6. The van der Waals surface area contributed by atoms with Crippen LogP contribution in [0.3, 0.4) is 0 Å². The Balaban J connectivity index is 1.82. The second-order valence-electron chi connectivity index (χ2n) is 4.53. The molecule has 1 amide bonds. The van der Waals surface area contributed by atoms with Crippen LogP contribution in [0.1, 0.15) is 12.0 Å². The van der Waals surface area contributed by atoms with E-state index < -0.39 is 0 Å². The fourth-order valence-electron chi connectivity index (χ4n) is 2.26. The van der Waals surface area contributed by atoms with Gasteiger partial charge in [0.25, 0.3) is 0 Å². The Hall–Kier alpha value is -1.88. The molecule has 3 N–H and O–H groups in total. The van der Waals surface area contributed by atoms with E-state index in [4.69, 9.17) is 5.73 Å². The highest BCUT2D eigenvalue weighted by atomic mass is 16.2. The van der Waals surface area contributed by atoms with Crippen LogP contribution < -0.4 is 5.73 Å². The maximum Gasteiger partial charge on any atom is 0.224 e. The van der Waals surface area contributed by atoms with E-state index in [0.29, 0.717) is 19.5 Å². The third kappa shape index (κ3) is 1.89. The quantitative estimate of drug-likeness (QED) is 0.794. The number of amides is 1. The van der Waals surface area contributed by atoms with Crippen LogP contribution >= 0.6 is 0 Å². The van der Waals surface area contributed by atoms with Crippen molar-refractivity contribution in [1.29, 1.82) is 0 Å². The molecule has 88 valence electrons. The van der Waals surface area contributed by atoms with Crippen molar-refractivity contribution >= 4 is 16.8 Å². The molecule has 0 radical (unpaired) electrons. The van der Waals surface area contributed by atoms with E-state index in [-0.39, 0.29) is 11.9 Å². The first-order valence-corrected chi connectivity index (χ1v) is 5.68. The van der Waals surface area contributed by atoms with Crippen LogP contribution in [-0.2, 0) is 11.3 Å². The summed E-state index contributed by atoms with van der Waals surface area (Å²) in [6.45, 7) is 1.28. The molecule has 1 fully saturated rings. The zero-order chi connectivity index (χ0) is 11.8. The van der Waals surface area contributed by atoms with Crippen molar-refractivity contribution < 1.29 is 4.79 Å². The summed E-state index contributed by atoms with van der Waals surface area (Å²) >= 11 is 0. The third-order valence-electron chi connectivity index (χ3n) is 3.12. The number of fused-ring (bicyclic) bond motifs is 1. The predicted octanol–water partition coefficient (Wildman–Crippen LogP) is 0.622. The minimum Gasteiger partial charge on any atom is -0.337 e. The van der Waals surface area contributed by atoms with Crippen molar-refractivity contribution in [1.82, 2.24) is 15.1 Å². The molecule has 1 unspecified atom stereocenters. The van der Waals surface area contributed by atoms with Gasteiger partial charge < -0.3 is 10.6 Å². The molecule has 1 aromatic carbocycles. The average Bonchev–Trinajstić information content (AvgIpc) is 2.85. The summed E-state index contributed by atoms with van der Waals surface area (Å²) in [6.07, 6.45) is 2.25. The summed E-state index contributed by atoms with van der Waals surface area (Å²) in [4.78, 5) is 13.4. The monoisotopic (exact) mass is 230 g/mol. The van der Waals surface area contributed by atoms with Crippen molar-refractivity contribution in [3.05, 3.63) is 30.0 Å². The first-order valence-electron chi connectivity index (χ1n) is 5.68. The Labute approximate surface area is 98.6 Å². The molecular formula is C12H14N4O. The van der Waals surface area contributed by atoms with Gasteiger partial charge in [-0.3, -0.25) is 9.89 Å². The van der Waals surface area contributed by atoms with E-state index in [1.165, 1.54) is 0 Å². The van der Waals surface area contributed by atoms with E-state index in [1.807, 2.05) is 23.1 Å². The smallest absolute Gasteiger partial charge is 0.224 e. The lowest BCUT2D eigenvalue weighted by Crippen LogP contribution is -2.27. The summed E-state index contributed by atoms with van der Waals surface area (Å²) in [5.74, 6) is 0.141. The van der Waals surface area contributed by atoms with E-state index in [1.54, 1.807) is 6.20 Å². The molecule has 1 saturated heterocycles. The van der Waals surface area contributed by atoms with Gasteiger partial charge >= 0.3 is 0 Å². The molecule has 0 bridgehead atoms. The Morgan fingerprint density at radius 1 is 1.53 bits per heavy atom. The minimum absolute atomic E-state index is 0.0154. The number of aromatic amines is 1. The molecule has 0 saturated carbocycles. The fourth-order valence-corrected chi connectivity index (χ4v) is 2.26. The zero-order valence-corrected chi connectivity index (χ0v) is 9.39. The number of hydrogen-bond donors (Lipinski definition) is 2. The van der Waals surface area contributed by atoms with Crippen LogP contribution in [0.4, 0.5) is 0 Å². The molecule has 17 heavy (non-hydrogen) atoms. The minimum atomic E-state index is -0.0154. The summed E-state index contributed by atoms with van der Waals surface area (Å²) in [5, 5.41) is 7.98. The van der Waals surface area contributed by atoms with E-state index in [0.717, 1.165) is 16.5 Å². The molecule has 0 spiro atoms. The lowest BCUT2D eigenvalue weighted by Gasteiger charge is -2.15. The Kier molecular flexibility index (Phi) is 2.33. The van der Waals surface area contributed by atoms with Crippen LogP contribution in [0.2, 0.25) is 0 Å². The molecule has 0 aliphatic carbocycles. The molecule has 2 heterocycles. The van der Waals surface area contributed by atoms with Crippen LogP contribution in [0.25, 0.3) is 10.9 Å². The Morgan fingerprint density at radius 3 is 3.18 bits per heavy atom. The molecule has 1 aliphatic heterocycles. The lowest BCUT2D eigenvalue weighted by atomic mass is 10.1. The summed E-state index contributed by atoms with van der Waals surface area (Å²) < 4.78 is 0. The van der Waals surface area contributed by atoms with Gasteiger partial charge in [-0.05, 0) is 11.6 Å². The maximum absolute atomic E-state index is 11.6. The fraction of sp³-hybridized carbons (Fsp3) is 0.333. The molecule has 5 heteroatoms. The number of H-pyrrole nitrogens is 1. The number of aromatic nitrogens is 2. The van der Waals surface area contributed by atoms with Crippen LogP contribution in [0.5, 0.6) is 0 Å². The molecule has 1 aliphatic rings. The van der Waals surface area contributed by atoms with Crippen LogP contribution in [0, 0.1) is 0 Å². The van der Waals surface area contributed by atoms with Crippen LogP contribution in [0.15, 0.2) is 24.4 Å². The zero-order valence-electron chi connectivity index (χ0n) is 9.39. The number of rotatable bonds is 2. The van der Waals surface area contributed by atoms with E-state index >= 15 is 0 Å². The first-order chi connectivity index (χ1) is 8.22. The number of nitrogens with two attached hydrogens (primary N) is 1. The summed E-state index contributed by atoms with van der Waals surface area (Å²) in [7, 11) is 0. The number of nitrogens with zero attached hydrogens (tertiary/aromatic N) is 2. The normalized spacial score (nSPS) is 20.4. The standard InChI is InChI=1S/C12H14N4O/c13-10-4-12(17)16(7-10)6-8-1-2-9-5-14-15-11(9)3-8/h1-3,5,10H,4,6-7,13H2,(H,14,15). The average molecular weight is 230 g/mol. The predicted molar refractivity (Wildman–Crippen MR) is 64.1 cm³/mol. The highest BCUT2D eigenvalue weighted by molar-refractivity contribution is 5.80. The number of carbonyl (C=O) groups is 1. The topological polar surface area (TPSA) is 75.0 Å². The van der Waals surface area contributed by atoms with Crippen molar-refractivity contribution in [2.75, 3.05) is 6.54 Å². The number of carbonyl (C=O) groups excluding carboxylic acids is 1. The van der Waals surface area contributed by atoms with Gasteiger partial charge in [0, 0.05) is 30.9 Å². The van der Waals surface area contributed by atoms with Gasteiger partial charge in [0.2, 0.25) is 5.91 Å². The van der Waals surface area contributed by atoms with Gasteiger partial charge in [-0.2, -0.15) is 5.10 Å². The summed E-state index contributed by atoms with van der Waals surface area (Å²) in [6, 6.07) is 6.04. The summed E-state index contributed by atoms with van der Waals surface area (Å²) in [5.41, 5.74) is 7.86. The second kappa shape index (κ2) is 3.85. The Bertz CT molecular complexity index is 562. The van der Waals surface area contributed by atoms with Crippen molar-refractivity contribution in [2.24, 2.45) is 5.73 Å². The van der Waals surface area contributed by atoms with Gasteiger partial charge in [-0.25, -0.2) is 0 Å². The van der Waals surface area contributed by atoms with Gasteiger partial charge in [0.15, 0.2) is 0 Å². The highest BCUT2D eigenvalue weighted by Gasteiger charge is 2.26. The van der Waals surface area contributed by atoms with Gasteiger partial charge in [0.1, 0.15) is 0 Å². The molecule has 1 atom stereocenters. The number of nitrogens with one attached hydrogen (secondary N) is 1. The van der Waals surface area contributed by atoms with Crippen molar-refractivity contribution in [3.63, 3.8) is 0 Å².